The lowest BCUT2D eigenvalue weighted by molar-refractivity contribution is -0.138. The highest BCUT2D eigenvalue weighted by Gasteiger charge is 2.22. The molecule has 3 N–H and O–H groups in total. The molecule has 2 aromatic heterocycles. The summed E-state index contributed by atoms with van der Waals surface area (Å²) in [5.74, 6) is -2.68. The molecule has 104 valence electrons. The van der Waals surface area contributed by atoms with Crippen molar-refractivity contribution < 1.29 is 19.5 Å². The fourth-order valence-electron chi connectivity index (χ4n) is 1.75. The van der Waals surface area contributed by atoms with Gasteiger partial charge in [0.05, 0.1) is 0 Å². The van der Waals surface area contributed by atoms with Gasteiger partial charge in [-0.1, -0.05) is 6.07 Å². The molecule has 2 rings (SSSR count). The Bertz CT molecular complexity index is 630. The van der Waals surface area contributed by atoms with Crippen molar-refractivity contribution in [3.05, 3.63) is 36.3 Å². The first kappa shape index (κ1) is 13.5. The first-order chi connectivity index (χ1) is 9.47. The molecule has 0 atom stereocenters. The molecule has 0 unspecified atom stereocenters. The molecular weight excluding hydrogens is 264 g/mol. The molecule has 2 amide bonds. The van der Waals surface area contributed by atoms with Crippen LogP contribution < -0.4 is 5.73 Å². The van der Waals surface area contributed by atoms with Crippen LogP contribution in [0.2, 0.25) is 0 Å². The number of pyridine rings is 1. The Hall–Kier alpha value is -2.90. The van der Waals surface area contributed by atoms with E-state index in [1.165, 1.54) is 6.20 Å². The zero-order chi connectivity index (χ0) is 14.7. The number of aliphatic carboxylic acids is 1. The SMILES string of the molecule is NC(=O)CN(CC(=O)O)C(=O)c1cn2ccccc2n1. The molecule has 0 spiro atoms. The van der Waals surface area contributed by atoms with E-state index in [-0.39, 0.29) is 5.69 Å². The molecule has 0 radical (unpaired) electrons. The molecule has 8 heteroatoms. The Kier molecular flexibility index (Phi) is 3.65. The summed E-state index contributed by atoms with van der Waals surface area (Å²) < 4.78 is 1.62. The van der Waals surface area contributed by atoms with Gasteiger partial charge in [0.1, 0.15) is 24.4 Å². The highest BCUT2D eigenvalue weighted by molar-refractivity contribution is 5.96. The second kappa shape index (κ2) is 5.39. The van der Waals surface area contributed by atoms with Crippen LogP contribution in [0.4, 0.5) is 0 Å². The number of rotatable bonds is 5. The summed E-state index contributed by atoms with van der Waals surface area (Å²) in [6.07, 6.45) is 3.17. The maximum absolute atomic E-state index is 12.2. The van der Waals surface area contributed by atoms with Crippen LogP contribution in [0.25, 0.3) is 5.65 Å². The van der Waals surface area contributed by atoms with E-state index in [0.29, 0.717) is 5.65 Å². The molecule has 0 fully saturated rings. The standard InChI is InChI=1S/C12H12N4O4/c13-9(17)6-16(7-11(18)19)12(20)8-5-15-4-2-1-3-10(15)14-8/h1-5H,6-7H2,(H2,13,17)(H,18,19). The van der Waals surface area contributed by atoms with Gasteiger partial charge in [0.25, 0.3) is 5.91 Å². The summed E-state index contributed by atoms with van der Waals surface area (Å²) in [6, 6.07) is 5.22. The Morgan fingerprint density at radius 1 is 1.30 bits per heavy atom. The van der Waals surface area contributed by atoms with Crippen molar-refractivity contribution in [1.82, 2.24) is 14.3 Å². The average Bonchev–Trinajstić information content (AvgIpc) is 2.79. The number of aromatic nitrogens is 2. The van der Waals surface area contributed by atoms with Crippen LogP contribution in [-0.2, 0) is 9.59 Å². The number of hydrogen-bond acceptors (Lipinski definition) is 4. The van der Waals surface area contributed by atoms with Crippen molar-refractivity contribution in [3.8, 4) is 0 Å². The van der Waals surface area contributed by atoms with Crippen molar-refractivity contribution >= 4 is 23.4 Å². The molecule has 0 aliphatic heterocycles. The lowest BCUT2D eigenvalue weighted by Gasteiger charge is -2.17. The normalized spacial score (nSPS) is 10.4. The number of hydrogen-bond donors (Lipinski definition) is 2. The Morgan fingerprint density at radius 2 is 2.05 bits per heavy atom. The summed E-state index contributed by atoms with van der Waals surface area (Å²) in [6.45, 7) is -1.09. The highest BCUT2D eigenvalue weighted by atomic mass is 16.4. The topological polar surface area (TPSA) is 118 Å². The molecule has 0 saturated heterocycles. The van der Waals surface area contributed by atoms with E-state index in [1.807, 2.05) is 0 Å². The average molecular weight is 276 g/mol. The van der Waals surface area contributed by atoms with E-state index in [2.05, 4.69) is 4.98 Å². The third-order valence-corrected chi connectivity index (χ3v) is 2.54. The molecule has 2 aromatic rings. The van der Waals surface area contributed by atoms with Crippen LogP contribution in [0.5, 0.6) is 0 Å². The predicted molar refractivity (Wildman–Crippen MR) is 67.9 cm³/mol. The van der Waals surface area contributed by atoms with E-state index in [1.54, 1.807) is 28.8 Å². The summed E-state index contributed by atoms with van der Waals surface area (Å²) in [5.41, 5.74) is 5.61. The maximum atomic E-state index is 12.2. The minimum atomic E-state index is -1.23. The van der Waals surface area contributed by atoms with Crippen molar-refractivity contribution in [1.29, 1.82) is 0 Å². The third-order valence-electron chi connectivity index (χ3n) is 2.54. The molecule has 0 bridgehead atoms. The van der Waals surface area contributed by atoms with Gasteiger partial charge in [-0.15, -0.1) is 0 Å². The van der Waals surface area contributed by atoms with E-state index >= 15 is 0 Å². The number of primary amides is 1. The second-order valence-electron chi connectivity index (χ2n) is 4.11. The third kappa shape index (κ3) is 2.91. The van der Waals surface area contributed by atoms with Crippen LogP contribution in [-0.4, -0.2) is 50.3 Å². The molecule has 0 aliphatic rings. The zero-order valence-corrected chi connectivity index (χ0v) is 10.4. The van der Waals surface area contributed by atoms with Gasteiger partial charge in [-0.25, -0.2) is 4.98 Å². The second-order valence-corrected chi connectivity index (χ2v) is 4.11. The van der Waals surface area contributed by atoms with Gasteiger partial charge in [0, 0.05) is 12.4 Å². The van der Waals surface area contributed by atoms with Crippen molar-refractivity contribution in [2.75, 3.05) is 13.1 Å². The number of carboxylic acids is 1. The van der Waals surface area contributed by atoms with Gasteiger partial charge in [-0.2, -0.15) is 0 Å². The van der Waals surface area contributed by atoms with Crippen LogP contribution in [0.3, 0.4) is 0 Å². The van der Waals surface area contributed by atoms with Gasteiger partial charge in [0.15, 0.2) is 0 Å². The van der Waals surface area contributed by atoms with Crippen LogP contribution >= 0.6 is 0 Å². The number of imidazole rings is 1. The highest BCUT2D eigenvalue weighted by Crippen LogP contribution is 2.07. The smallest absolute Gasteiger partial charge is 0.323 e. The number of fused-ring (bicyclic) bond motifs is 1. The number of nitrogens with zero attached hydrogens (tertiary/aromatic N) is 3. The lowest BCUT2D eigenvalue weighted by atomic mass is 10.3. The van der Waals surface area contributed by atoms with E-state index in [0.717, 1.165) is 4.90 Å². The van der Waals surface area contributed by atoms with Crippen LogP contribution in [0.1, 0.15) is 10.5 Å². The summed E-state index contributed by atoms with van der Waals surface area (Å²) in [7, 11) is 0. The fourth-order valence-corrected chi connectivity index (χ4v) is 1.75. The van der Waals surface area contributed by atoms with Gasteiger partial charge in [-0.3, -0.25) is 14.4 Å². The van der Waals surface area contributed by atoms with Gasteiger partial charge in [0.2, 0.25) is 5.91 Å². The number of amides is 2. The molecule has 20 heavy (non-hydrogen) atoms. The Balaban J connectivity index is 2.29. The van der Waals surface area contributed by atoms with Gasteiger partial charge in [-0.05, 0) is 12.1 Å². The first-order valence-corrected chi connectivity index (χ1v) is 5.70. The molecule has 8 nitrogen and oxygen atoms in total. The fraction of sp³-hybridized carbons (Fsp3) is 0.167. The van der Waals surface area contributed by atoms with E-state index in [9.17, 15) is 14.4 Å². The minimum Gasteiger partial charge on any atom is -0.480 e. The first-order valence-electron chi connectivity index (χ1n) is 5.70. The molecule has 0 aromatic carbocycles. The lowest BCUT2D eigenvalue weighted by Crippen LogP contribution is -2.41. The summed E-state index contributed by atoms with van der Waals surface area (Å²) in [4.78, 5) is 38.7. The quantitative estimate of drug-likeness (QED) is 0.752. The summed E-state index contributed by atoms with van der Waals surface area (Å²) in [5, 5.41) is 8.76. The number of nitrogens with two attached hydrogens (primary N) is 1. The van der Waals surface area contributed by atoms with Crippen molar-refractivity contribution in [2.45, 2.75) is 0 Å². The number of carboxylic acid groups (broad SMARTS) is 1. The van der Waals surface area contributed by atoms with E-state index in [4.69, 9.17) is 10.8 Å². The Morgan fingerprint density at radius 3 is 2.65 bits per heavy atom. The molecular formula is C12H12N4O4. The van der Waals surface area contributed by atoms with Crippen LogP contribution in [0, 0.1) is 0 Å². The Labute approximate surface area is 113 Å². The predicted octanol–water partition coefficient (Wildman–Crippen LogP) is -0.654. The van der Waals surface area contributed by atoms with Gasteiger partial charge >= 0.3 is 5.97 Å². The summed E-state index contributed by atoms with van der Waals surface area (Å²) >= 11 is 0. The van der Waals surface area contributed by atoms with Crippen LogP contribution in [0.15, 0.2) is 30.6 Å². The molecule has 0 saturated carbocycles. The zero-order valence-electron chi connectivity index (χ0n) is 10.4. The van der Waals surface area contributed by atoms with Gasteiger partial charge < -0.3 is 20.1 Å². The molecule has 2 heterocycles. The van der Waals surface area contributed by atoms with Crippen molar-refractivity contribution in [3.63, 3.8) is 0 Å². The maximum Gasteiger partial charge on any atom is 0.323 e. The van der Waals surface area contributed by atoms with Crippen molar-refractivity contribution in [2.24, 2.45) is 5.73 Å². The minimum absolute atomic E-state index is 0.0544. The molecule has 0 aliphatic carbocycles. The number of carbonyl (C=O) groups excluding carboxylic acids is 2. The van der Waals surface area contributed by atoms with E-state index < -0.39 is 30.9 Å². The monoisotopic (exact) mass is 276 g/mol. The number of carbonyl (C=O) groups is 3. The largest absolute Gasteiger partial charge is 0.480 e.